The number of aryl methyl sites for hydroxylation is 2. The maximum absolute atomic E-state index is 13.2. The van der Waals surface area contributed by atoms with E-state index in [4.69, 9.17) is 9.97 Å². The molecule has 218 valence electrons. The Labute approximate surface area is 246 Å². The first-order valence-electron chi connectivity index (χ1n) is 13.9. The number of aromatic nitrogens is 2. The van der Waals surface area contributed by atoms with Gasteiger partial charge in [-0.2, -0.15) is 16.8 Å². The maximum atomic E-state index is 13.2. The monoisotopic (exact) mass is 604 g/mol. The predicted molar refractivity (Wildman–Crippen MR) is 165 cm³/mol. The van der Waals surface area contributed by atoms with Crippen LogP contribution in [0, 0.1) is 0 Å². The quantitative estimate of drug-likeness (QED) is 0.125. The summed E-state index contributed by atoms with van der Waals surface area (Å²) in [6.07, 6.45) is 4.63. The number of benzene rings is 3. The molecule has 10 heteroatoms. The third kappa shape index (κ3) is 5.80. The van der Waals surface area contributed by atoms with Crippen LogP contribution < -0.4 is 0 Å². The van der Waals surface area contributed by atoms with E-state index in [9.17, 15) is 25.9 Å². The van der Waals surface area contributed by atoms with E-state index in [1.54, 1.807) is 72.8 Å². The van der Waals surface area contributed by atoms with E-state index < -0.39 is 30.0 Å². The van der Waals surface area contributed by atoms with E-state index in [0.29, 0.717) is 46.5 Å². The Morgan fingerprint density at radius 2 is 0.952 bits per heavy atom. The van der Waals surface area contributed by atoms with Gasteiger partial charge in [-0.25, -0.2) is 0 Å². The van der Waals surface area contributed by atoms with Crippen molar-refractivity contribution in [3.05, 3.63) is 84.2 Å². The molecule has 5 aromatic rings. The second-order valence-corrected chi connectivity index (χ2v) is 13.0. The Hall–Kier alpha value is -3.70. The second-order valence-electron chi connectivity index (χ2n) is 10.3. The Bertz CT molecular complexity index is 1850. The molecule has 0 fully saturated rings. The molecule has 8 nitrogen and oxygen atoms in total. The molecule has 0 spiro atoms. The zero-order valence-corrected chi connectivity index (χ0v) is 25.0. The number of rotatable bonds is 10. The summed E-state index contributed by atoms with van der Waals surface area (Å²) in [5, 5.41) is -0.216. The van der Waals surface area contributed by atoms with Crippen LogP contribution in [-0.2, 0) is 33.1 Å². The fraction of sp³-hybridized carbons (Fsp3) is 0.250. The summed E-state index contributed by atoms with van der Waals surface area (Å²) >= 11 is 0. The lowest BCUT2D eigenvalue weighted by Crippen LogP contribution is -2.13. The Kier molecular flexibility index (Phi) is 8.43. The molecule has 5 rings (SSSR count). The van der Waals surface area contributed by atoms with Crippen LogP contribution in [0.25, 0.3) is 44.1 Å². The predicted octanol–water partition coefficient (Wildman–Crippen LogP) is 7.30. The van der Waals surface area contributed by atoms with Gasteiger partial charge in [0, 0.05) is 22.2 Å². The molecule has 0 saturated heterocycles. The standard InChI is InChI=1S/C32H32N2O6S2/c1-3-5-17-23-19-25(21-13-9-7-10-14-21)27-29(33-23)30-28(32(42(38,39)40)31(27)41(35,36)37)26(22-15-11-8-12-16-22)20-24(34-30)18-6-4-2/h7-16,19-20H,3-6,17-18H2,1-2H3,(H,35,36,37)(H,38,39,40). The highest BCUT2D eigenvalue weighted by Gasteiger charge is 2.34. The smallest absolute Gasteiger partial charge is 0.282 e. The highest BCUT2D eigenvalue weighted by Crippen LogP contribution is 2.45. The fourth-order valence-electron chi connectivity index (χ4n) is 5.38. The molecule has 0 radical (unpaired) electrons. The van der Waals surface area contributed by atoms with Gasteiger partial charge >= 0.3 is 0 Å². The van der Waals surface area contributed by atoms with E-state index in [-0.39, 0.29) is 21.8 Å². The number of nitrogens with zero attached hydrogens (tertiary/aromatic N) is 2. The van der Waals surface area contributed by atoms with Crippen molar-refractivity contribution in [2.75, 3.05) is 0 Å². The highest BCUT2D eigenvalue weighted by atomic mass is 32.2. The molecule has 2 N–H and O–H groups in total. The minimum atomic E-state index is -5.23. The van der Waals surface area contributed by atoms with Crippen molar-refractivity contribution >= 4 is 42.0 Å². The van der Waals surface area contributed by atoms with Crippen LogP contribution in [0.1, 0.15) is 50.9 Å². The average Bonchev–Trinajstić information content (AvgIpc) is 2.97. The first kappa shape index (κ1) is 29.8. The van der Waals surface area contributed by atoms with Crippen LogP contribution in [0.5, 0.6) is 0 Å². The van der Waals surface area contributed by atoms with Crippen LogP contribution in [0.3, 0.4) is 0 Å². The zero-order chi connectivity index (χ0) is 30.1. The molecule has 2 aromatic heterocycles. The average molecular weight is 605 g/mol. The van der Waals surface area contributed by atoms with Gasteiger partial charge in [-0.1, -0.05) is 87.4 Å². The lowest BCUT2D eigenvalue weighted by Gasteiger charge is -2.20. The Morgan fingerprint density at radius 3 is 1.26 bits per heavy atom. The molecular formula is C32H32N2O6S2. The van der Waals surface area contributed by atoms with E-state index in [1.165, 1.54) is 0 Å². The third-order valence-electron chi connectivity index (χ3n) is 7.29. The first-order chi connectivity index (χ1) is 20.0. The maximum Gasteiger partial charge on any atom is 0.296 e. The van der Waals surface area contributed by atoms with Crippen molar-refractivity contribution in [3.63, 3.8) is 0 Å². The summed E-state index contributed by atoms with van der Waals surface area (Å²) in [7, 11) is -10.5. The largest absolute Gasteiger partial charge is 0.296 e. The van der Waals surface area contributed by atoms with Gasteiger partial charge < -0.3 is 0 Å². The molecule has 0 unspecified atom stereocenters. The van der Waals surface area contributed by atoms with Gasteiger partial charge in [-0.3, -0.25) is 19.1 Å². The number of hydrogen-bond donors (Lipinski definition) is 2. The Morgan fingerprint density at radius 1 is 0.595 bits per heavy atom. The van der Waals surface area contributed by atoms with Crippen LogP contribution >= 0.6 is 0 Å². The van der Waals surface area contributed by atoms with Gasteiger partial charge in [-0.15, -0.1) is 0 Å². The van der Waals surface area contributed by atoms with Crippen molar-refractivity contribution in [1.82, 2.24) is 9.97 Å². The van der Waals surface area contributed by atoms with E-state index in [2.05, 4.69) is 13.8 Å². The molecule has 0 amide bonds. The van der Waals surface area contributed by atoms with Crippen molar-refractivity contribution in [1.29, 1.82) is 0 Å². The van der Waals surface area contributed by atoms with E-state index in [1.807, 2.05) is 0 Å². The summed E-state index contributed by atoms with van der Waals surface area (Å²) in [6, 6.07) is 21.2. The van der Waals surface area contributed by atoms with E-state index in [0.717, 1.165) is 25.7 Å². The number of pyridine rings is 2. The normalized spacial score (nSPS) is 12.3. The number of fused-ring (bicyclic) bond motifs is 3. The minimum Gasteiger partial charge on any atom is -0.282 e. The molecular weight excluding hydrogens is 572 g/mol. The summed E-state index contributed by atoms with van der Waals surface area (Å²) in [5.74, 6) is 0. The van der Waals surface area contributed by atoms with Gasteiger partial charge in [0.2, 0.25) is 0 Å². The third-order valence-corrected chi connectivity index (χ3v) is 9.27. The molecule has 2 heterocycles. The molecule has 0 atom stereocenters. The summed E-state index contributed by atoms with van der Waals surface area (Å²) in [6.45, 7) is 4.11. The van der Waals surface area contributed by atoms with Crippen molar-refractivity contribution in [2.45, 2.75) is 62.2 Å². The van der Waals surface area contributed by atoms with Crippen molar-refractivity contribution in [2.24, 2.45) is 0 Å². The number of hydrogen-bond acceptors (Lipinski definition) is 6. The minimum absolute atomic E-state index is 0.108. The van der Waals surface area contributed by atoms with Crippen LogP contribution in [0.15, 0.2) is 82.6 Å². The molecule has 0 saturated carbocycles. The first-order valence-corrected chi connectivity index (χ1v) is 16.8. The Balaban J connectivity index is 2.14. The SMILES string of the molecule is CCCCc1cc(-c2ccccc2)c2c(S(=O)(=O)O)c(S(=O)(=O)O)c3c(-c4ccccc4)cc(CCCC)nc3c2n1. The van der Waals surface area contributed by atoms with Gasteiger partial charge in [0.05, 0.1) is 11.0 Å². The lowest BCUT2D eigenvalue weighted by molar-refractivity contribution is 0.469. The molecule has 0 aliphatic carbocycles. The molecule has 0 aliphatic heterocycles. The molecule has 42 heavy (non-hydrogen) atoms. The summed E-state index contributed by atoms with van der Waals surface area (Å²) in [5.41, 5.74) is 3.57. The fourth-order valence-corrected chi connectivity index (χ4v) is 7.61. The van der Waals surface area contributed by atoms with Gasteiger partial charge in [-0.05, 0) is 60.1 Å². The highest BCUT2D eigenvalue weighted by molar-refractivity contribution is 7.89. The van der Waals surface area contributed by atoms with Crippen LogP contribution in [-0.4, -0.2) is 35.9 Å². The van der Waals surface area contributed by atoms with E-state index >= 15 is 0 Å². The van der Waals surface area contributed by atoms with Gasteiger partial charge in [0.15, 0.2) is 0 Å². The summed E-state index contributed by atoms with van der Waals surface area (Å²) < 4.78 is 74.1. The molecule has 0 aliphatic rings. The van der Waals surface area contributed by atoms with Crippen molar-refractivity contribution in [3.8, 4) is 22.3 Å². The summed E-state index contributed by atoms with van der Waals surface area (Å²) in [4.78, 5) is 7.90. The van der Waals surface area contributed by atoms with Gasteiger partial charge in [0.1, 0.15) is 9.79 Å². The lowest BCUT2D eigenvalue weighted by atomic mass is 9.94. The molecule has 3 aromatic carbocycles. The second kappa shape index (κ2) is 11.9. The zero-order valence-electron chi connectivity index (χ0n) is 23.4. The number of unbranched alkanes of at least 4 members (excludes halogenated alkanes) is 2. The molecule has 0 bridgehead atoms. The topological polar surface area (TPSA) is 135 Å². The van der Waals surface area contributed by atoms with Gasteiger partial charge in [0.25, 0.3) is 20.2 Å². The van der Waals surface area contributed by atoms with Crippen LogP contribution in [0.4, 0.5) is 0 Å². The van der Waals surface area contributed by atoms with Crippen molar-refractivity contribution < 1.29 is 25.9 Å². The van der Waals surface area contributed by atoms with Crippen LogP contribution in [0.2, 0.25) is 0 Å².